The summed E-state index contributed by atoms with van der Waals surface area (Å²) in [6, 6.07) is 12.1. The maximum absolute atomic E-state index is 11.7. The van der Waals surface area contributed by atoms with Gasteiger partial charge in [0.2, 0.25) is 0 Å². The van der Waals surface area contributed by atoms with E-state index in [-0.39, 0.29) is 5.97 Å². The maximum atomic E-state index is 11.7. The van der Waals surface area contributed by atoms with Gasteiger partial charge in [-0.2, -0.15) is 0 Å². The van der Waals surface area contributed by atoms with Gasteiger partial charge in [0.1, 0.15) is 0 Å². The highest BCUT2D eigenvalue weighted by molar-refractivity contribution is 5.93. The number of methoxy groups -OCH3 is 1. The van der Waals surface area contributed by atoms with Crippen LogP contribution in [0.15, 0.2) is 36.4 Å². The normalized spacial score (nSPS) is 10.3. The number of carbonyl (C=O) groups excluding carboxylic acids is 1. The first-order chi connectivity index (χ1) is 9.04. The minimum absolute atomic E-state index is 0.289. The van der Waals surface area contributed by atoms with Crippen LogP contribution in [0.5, 0.6) is 0 Å². The molecule has 2 heteroatoms. The van der Waals surface area contributed by atoms with Crippen LogP contribution in [0.25, 0.3) is 11.1 Å². The van der Waals surface area contributed by atoms with Gasteiger partial charge in [-0.05, 0) is 54.7 Å². The van der Waals surface area contributed by atoms with E-state index in [2.05, 4.69) is 32.0 Å². The van der Waals surface area contributed by atoms with Crippen molar-refractivity contribution in [3.05, 3.63) is 58.7 Å². The van der Waals surface area contributed by atoms with Crippen LogP contribution in [0.3, 0.4) is 0 Å². The van der Waals surface area contributed by atoms with Crippen molar-refractivity contribution in [3.63, 3.8) is 0 Å². The highest BCUT2D eigenvalue weighted by Crippen LogP contribution is 2.27. The number of esters is 1. The predicted octanol–water partition coefficient (Wildman–Crippen LogP) is 4.07. The van der Waals surface area contributed by atoms with Gasteiger partial charge >= 0.3 is 5.97 Å². The Morgan fingerprint density at radius 1 is 1.00 bits per heavy atom. The lowest BCUT2D eigenvalue weighted by molar-refractivity contribution is 0.0600. The molecule has 0 bridgehead atoms. The zero-order valence-electron chi connectivity index (χ0n) is 11.8. The third-order valence-corrected chi connectivity index (χ3v) is 3.56. The highest BCUT2D eigenvalue weighted by atomic mass is 16.5. The Morgan fingerprint density at radius 2 is 1.74 bits per heavy atom. The Balaban J connectivity index is 2.56. The van der Waals surface area contributed by atoms with Gasteiger partial charge in [0.25, 0.3) is 0 Å². The zero-order chi connectivity index (χ0) is 14.0. The number of rotatable bonds is 2. The second-order valence-electron chi connectivity index (χ2n) is 4.77. The lowest BCUT2D eigenvalue weighted by atomic mass is 9.94. The number of carbonyl (C=O) groups is 1. The Hall–Kier alpha value is -2.09. The molecule has 0 aliphatic carbocycles. The standard InChI is InChI=1S/C17H18O2/c1-11-8-9-14(10-12(11)2)15-6-5-7-16(13(15)3)17(18)19-4/h5-10H,1-4H3. The van der Waals surface area contributed by atoms with Gasteiger partial charge in [-0.15, -0.1) is 0 Å². The van der Waals surface area contributed by atoms with Gasteiger partial charge in [0, 0.05) is 0 Å². The van der Waals surface area contributed by atoms with Crippen molar-refractivity contribution in [2.24, 2.45) is 0 Å². The molecular weight excluding hydrogens is 236 g/mol. The van der Waals surface area contributed by atoms with Crippen molar-refractivity contribution in [1.29, 1.82) is 0 Å². The van der Waals surface area contributed by atoms with Crippen molar-refractivity contribution in [3.8, 4) is 11.1 Å². The van der Waals surface area contributed by atoms with Crippen LogP contribution in [-0.4, -0.2) is 13.1 Å². The van der Waals surface area contributed by atoms with Gasteiger partial charge in [-0.1, -0.05) is 30.3 Å². The first-order valence-corrected chi connectivity index (χ1v) is 6.30. The largest absolute Gasteiger partial charge is 0.465 e. The molecule has 2 aromatic carbocycles. The van der Waals surface area contributed by atoms with Crippen LogP contribution in [0.1, 0.15) is 27.0 Å². The van der Waals surface area contributed by atoms with Crippen molar-refractivity contribution in [2.45, 2.75) is 20.8 Å². The molecule has 98 valence electrons. The fraction of sp³-hybridized carbons (Fsp3) is 0.235. The molecule has 2 aromatic rings. The molecule has 0 atom stereocenters. The Labute approximate surface area is 114 Å². The zero-order valence-corrected chi connectivity index (χ0v) is 11.8. The van der Waals surface area contributed by atoms with Crippen molar-refractivity contribution >= 4 is 5.97 Å². The summed E-state index contributed by atoms with van der Waals surface area (Å²) in [5.74, 6) is -0.289. The van der Waals surface area contributed by atoms with Crippen LogP contribution in [0.2, 0.25) is 0 Å². The highest BCUT2D eigenvalue weighted by Gasteiger charge is 2.12. The molecule has 0 saturated heterocycles. The predicted molar refractivity (Wildman–Crippen MR) is 77.4 cm³/mol. The molecule has 0 aliphatic heterocycles. The average Bonchev–Trinajstić information content (AvgIpc) is 2.41. The molecule has 19 heavy (non-hydrogen) atoms. The summed E-state index contributed by atoms with van der Waals surface area (Å²) in [5, 5.41) is 0. The average molecular weight is 254 g/mol. The van der Waals surface area contributed by atoms with Crippen LogP contribution >= 0.6 is 0 Å². The fourth-order valence-electron chi connectivity index (χ4n) is 2.19. The monoisotopic (exact) mass is 254 g/mol. The molecule has 0 heterocycles. The second-order valence-corrected chi connectivity index (χ2v) is 4.77. The fourth-order valence-corrected chi connectivity index (χ4v) is 2.19. The molecule has 0 saturated carbocycles. The van der Waals surface area contributed by atoms with Crippen LogP contribution < -0.4 is 0 Å². The lowest BCUT2D eigenvalue weighted by Crippen LogP contribution is -2.04. The van der Waals surface area contributed by atoms with Gasteiger partial charge in [0.15, 0.2) is 0 Å². The van der Waals surface area contributed by atoms with Crippen LogP contribution in [0.4, 0.5) is 0 Å². The van der Waals surface area contributed by atoms with Gasteiger partial charge in [-0.3, -0.25) is 0 Å². The summed E-state index contributed by atoms with van der Waals surface area (Å²) in [6.45, 7) is 6.14. The van der Waals surface area contributed by atoms with Crippen molar-refractivity contribution in [1.82, 2.24) is 0 Å². The summed E-state index contributed by atoms with van der Waals surface area (Å²) in [7, 11) is 1.41. The molecule has 0 radical (unpaired) electrons. The van der Waals surface area contributed by atoms with E-state index in [4.69, 9.17) is 4.74 Å². The minimum atomic E-state index is -0.289. The minimum Gasteiger partial charge on any atom is -0.465 e. The van der Waals surface area contributed by atoms with E-state index in [0.717, 1.165) is 16.7 Å². The van der Waals surface area contributed by atoms with E-state index in [0.29, 0.717) is 5.56 Å². The molecule has 0 amide bonds. The molecular formula is C17H18O2. The smallest absolute Gasteiger partial charge is 0.338 e. The van der Waals surface area contributed by atoms with Gasteiger partial charge in [-0.25, -0.2) is 4.79 Å². The molecule has 0 fully saturated rings. The summed E-state index contributed by atoms with van der Waals surface area (Å²) in [5.41, 5.74) is 6.30. The molecule has 0 aromatic heterocycles. The number of ether oxygens (including phenoxy) is 1. The second kappa shape index (κ2) is 5.27. The number of hydrogen-bond acceptors (Lipinski definition) is 2. The molecule has 2 nitrogen and oxygen atoms in total. The number of benzene rings is 2. The molecule has 0 N–H and O–H groups in total. The van der Waals surface area contributed by atoms with E-state index in [1.807, 2.05) is 19.1 Å². The summed E-state index contributed by atoms with van der Waals surface area (Å²) in [4.78, 5) is 11.7. The topological polar surface area (TPSA) is 26.3 Å². The number of aryl methyl sites for hydroxylation is 2. The summed E-state index contributed by atoms with van der Waals surface area (Å²) in [6.07, 6.45) is 0. The summed E-state index contributed by atoms with van der Waals surface area (Å²) >= 11 is 0. The third-order valence-electron chi connectivity index (χ3n) is 3.56. The Morgan fingerprint density at radius 3 is 2.37 bits per heavy atom. The first-order valence-electron chi connectivity index (χ1n) is 6.30. The van der Waals surface area contributed by atoms with E-state index >= 15 is 0 Å². The van der Waals surface area contributed by atoms with Crippen molar-refractivity contribution in [2.75, 3.05) is 7.11 Å². The van der Waals surface area contributed by atoms with E-state index in [9.17, 15) is 4.79 Å². The van der Waals surface area contributed by atoms with Crippen LogP contribution in [-0.2, 0) is 4.74 Å². The van der Waals surface area contributed by atoms with E-state index in [1.165, 1.54) is 18.2 Å². The Bertz CT molecular complexity index is 627. The third kappa shape index (κ3) is 2.53. The number of hydrogen-bond donors (Lipinski definition) is 0. The lowest BCUT2D eigenvalue weighted by Gasteiger charge is -2.11. The molecule has 0 unspecified atom stereocenters. The molecule has 0 aliphatic rings. The van der Waals surface area contributed by atoms with Crippen LogP contribution in [0, 0.1) is 20.8 Å². The molecule has 2 rings (SSSR count). The van der Waals surface area contributed by atoms with E-state index in [1.54, 1.807) is 6.07 Å². The maximum Gasteiger partial charge on any atom is 0.338 e. The summed E-state index contributed by atoms with van der Waals surface area (Å²) < 4.78 is 4.81. The van der Waals surface area contributed by atoms with Gasteiger partial charge in [0.05, 0.1) is 12.7 Å². The SMILES string of the molecule is COC(=O)c1cccc(-c2ccc(C)c(C)c2)c1C. The first kappa shape index (κ1) is 13.3. The van der Waals surface area contributed by atoms with E-state index < -0.39 is 0 Å². The van der Waals surface area contributed by atoms with Gasteiger partial charge < -0.3 is 4.74 Å². The molecule has 0 spiro atoms. The quantitative estimate of drug-likeness (QED) is 0.755. The Kier molecular flexibility index (Phi) is 3.70. The van der Waals surface area contributed by atoms with Crippen molar-refractivity contribution < 1.29 is 9.53 Å².